The van der Waals surface area contributed by atoms with Crippen LogP contribution in [0.25, 0.3) is 22.4 Å². The fourth-order valence-corrected chi connectivity index (χ4v) is 3.77. The van der Waals surface area contributed by atoms with Crippen molar-refractivity contribution >= 4 is 16.9 Å². The molecule has 0 saturated carbocycles. The van der Waals surface area contributed by atoms with Gasteiger partial charge in [0.25, 0.3) is 0 Å². The highest BCUT2D eigenvalue weighted by Gasteiger charge is 2.39. The minimum atomic E-state index is -4.53. The van der Waals surface area contributed by atoms with E-state index < -0.39 is 17.3 Å². The van der Waals surface area contributed by atoms with E-state index in [2.05, 4.69) is 25.5 Å². The van der Waals surface area contributed by atoms with E-state index in [4.69, 9.17) is 0 Å². The molecular formula is C21H27F3N6O. The maximum atomic E-state index is 13.7. The molecule has 10 heteroatoms. The fourth-order valence-electron chi connectivity index (χ4n) is 3.77. The Morgan fingerprint density at radius 3 is 2.77 bits per heavy atom. The van der Waals surface area contributed by atoms with E-state index in [9.17, 15) is 18.3 Å². The number of fused-ring (bicyclic) bond motifs is 1. The second-order valence-electron chi connectivity index (χ2n) is 8.40. The van der Waals surface area contributed by atoms with Gasteiger partial charge in [0.15, 0.2) is 5.65 Å². The van der Waals surface area contributed by atoms with Crippen LogP contribution < -0.4 is 10.2 Å². The standard InChI is InChI=1S/C21H25F3N6O.H2/c1-12(2)20(3,31)16-11-30(8-7-25-16)17-10-13(21(22,23)24)9-15(27-17)18-14-5-4-6-26-19(14)29-28-18;/h4-6,9-10,12,16,25,31H,7-8,11H2,1-3H3,(H,26,28,29);1H. The summed E-state index contributed by atoms with van der Waals surface area (Å²) >= 11 is 0. The number of aromatic amines is 1. The molecule has 3 N–H and O–H groups in total. The van der Waals surface area contributed by atoms with Crippen LogP contribution in [0.5, 0.6) is 0 Å². The second-order valence-corrected chi connectivity index (χ2v) is 8.40. The van der Waals surface area contributed by atoms with Gasteiger partial charge in [0.05, 0.1) is 28.6 Å². The van der Waals surface area contributed by atoms with Crippen LogP contribution in [0, 0.1) is 5.92 Å². The lowest BCUT2D eigenvalue weighted by Gasteiger charge is -2.43. The molecule has 4 rings (SSSR count). The van der Waals surface area contributed by atoms with E-state index >= 15 is 0 Å². The van der Waals surface area contributed by atoms with E-state index in [0.29, 0.717) is 36.4 Å². The summed E-state index contributed by atoms with van der Waals surface area (Å²) in [4.78, 5) is 10.5. The number of nitrogens with zero attached hydrogens (tertiary/aromatic N) is 4. The van der Waals surface area contributed by atoms with Crippen molar-refractivity contribution in [3.8, 4) is 11.4 Å². The number of alkyl halides is 3. The Kier molecular flexibility index (Phi) is 5.38. The van der Waals surface area contributed by atoms with Crippen molar-refractivity contribution in [2.75, 3.05) is 24.5 Å². The molecule has 0 radical (unpaired) electrons. The number of hydrogen-bond donors (Lipinski definition) is 3. The quantitative estimate of drug-likeness (QED) is 0.580. The average Bonchev–Trinajstić information content (AvgIpc) is 3.17. The predicted octanol–water partition coefficient (Wildman–Crippen LogP) is 3.47. The van der Waals surface area contributed by atoms with Gasteiger partial charge in [-0.05, 0) is 37.1 Å². The second kappa shape index (κ2) is 7.76. The molecule has 2 atom stereocenters. The molecule has 1 aliphatic heterocycles. The molecular weight excluding hydrogens is 409 g/mol. The third-order valence-corrected chi connectivity index (χ3v) is 6.10. The summed E-state index contributed by atoms with van der Waals surface area (Å²) in [5, 5.41) is 21.6. The van der Waals surface area contributed by atoms with Gasteiger partial charge in [0.2, 0.25) is 0 Å². The van der Waals surface area contributed by atoms with Gasteiger partial charge in [-0.25, -0.2) is 9.97 Å². The number of hydrogen-bond acceptors (Lipinski definition) is 6. The van der Waals surface area contributed by atoms with Gasteiger partial charge >= 0.3 is 6.18 Å². The van der Waals surface area contributed by atoms with Crippen molar-refractivity contribution in [3.05, 3.63) is 36.0 Å². The molecule has 4 heterocycles. The van der Waals surface area contributed by atoms with E-state index in [1.54, 1.807) is 30.2 Å². The molecule has 0 amide bonds. The van der Waals surface area contributed by atoms with Crippen LogP contribution >= 0.6 is 0 Å². The Hall–Kier alpha value is -2.72. The molecule has 3 aromatic rings. The van der Waals surface area contributed by atoms with E-state index in [-0.39, 0.29) is 24.9 Å². The molecule has 168 valence electrons. The average molecular weight is 436 g/mol. The SMILES string of the molecule is CC(C)C(C)(O)C1CN(c2cc(C(F)(F)F)cc(-c3[nH]nc4ncccc34)n2)CCN1.[HH]. The molecule has 1 aliphatic rings. The lowest BCUT2D eigenvalue weighted by atomic mass is 9.84. The smallest absolute Gasteiger partial charge is 0.388 e. The van der Waals surface area contributed by atoms with E-state index in [0.717, 1.165) is 12.1 Å². The fraction of sp³-hybridized carbons (Fsp3) is 0.476. The number of halogens is 3. The van der Waals surface area contributed by atoms with Gasteiger partial charge in [0.1, 0.15) is 5.82 Å². The Labute approximate surface area is 179 Å². The number of anilines is 1. The van der Waals surface area contributed by atoms with Gasteiger partial charge in [-0.2, -0.15) is 18.3 Å². The summed E-state index contributed by atoms with van der Waals surface area (Å²) < 4.78 is 41.1. The molecule has 0 aromatic carbocycles. The van der Waals surface area contributed by atoms with Gasteiger partial charge in [0, 0.05) is 32.6 Å². The first-order valence-electron chi connectivity index (χ1n) is 10.2. The summed E-state index contributed by atoms with van der Waals surface area (Å²) in [7, 11) is 0. The lowest BCUT2D eigenvalue weighted by Crippen LogP contribution is -2.62. The van der Waals surface area contributed by atoms with Crippen molar-refractivity contribution in [1.29, 1.82) is 0 Å². The normalized spacial score (nSPS) is 19.7. The summed E-state index contributed by atoms with van der Waals surface area (Å²) in [5.41, 5.74) is -0.866. The number of pyridine rings is 2. The number of aliphatic hydroxyl groups is 1. The van der Waals surface area contributed by atoms with Crippen molar-refractivity contribution < 1.29 is 19.7 Å². The van der Waals surface area contributed by atoms with Gasteiger partial charge in [-0.1, -0.05) is 13.8 Å². The molecule has 7 nitrogen and oxygen atoms in total. The summed E-state index contributed by atoms with van der Waals surface area (Å²) in [6.07, 6.45) is -2.96. The monoisotopic (exact) mass is 436 g/mol. The molecule has 1 fully saturated rings. The molecule has 3 aromatic heterocycles. The lowest BCUT2D eigenvalue weighted by molar-refractivity contribution is -0.137. The topological polar surface area (TPSA) is 90.0 Å². The predicted molar refractivity (Wildman–Crippen MR) is 114 cm³/mol. The highest BCUT2D eigenvalue weighted by molar-refractivity contribution is 5.89. The van der Waals surface area contributed by atoms with Crippen LogP contribution in [0.15, 0.2) is 30.5 Å². The number of H-pyrrole nitrogens is 1. The van der Waals surface area contributed by atoms with Crippen LogP contribution in [0.2, 0.25) is 0 Å². The molecule has 1 saturated heterocycles. The maximum Gasteiger partial charge on any atom is 0.416 e. The summed E-state index contributed by atoms with van der Waals surface area (Å²) in [5.74, 6) is 0.182. The van der Waals surface area contributed by atoms with Gasteiger partial charge in [-0.3, -0.25) is 5.10 Å². The Morgan fingerprint density at radius 1 is 1.29 bits per heavy atom. The van der Waals surface area contributed by atoms with Crippen molar-refractivity contribution in [2.24, 2.45) is 5.92 Å². The Morgan fingerprint density at radius 2 is 2.06 bits per heavy atom. The van der Waals surface area contributed by atoms with Gasteiger partial charge in [-0.15, -0.1) is 0 Å². The molecule has 0 spiro atoms. The van der Waals surface area contributed by atoms with Crippen LogP contribution in [0.3, 0.4) is 0 Å². The maximum absolute atomic E-state index is 13.7. The zero-order valence-electron chi connectivity index (χ0n) is 17.5. The first kappa shape index (κ1) is 21.5. The van der Waals surface area contributed by atoms with Crippen molar-refractivity contribution in [2.45, 2.75) is 38.6 Å². The Bertz CT molecular complexity index is 1080. The number of nitrogens with one attached hydrogen (secondary N) is 2. The van der Waals surface area contributed by atoms with E-state index in [1.807, 2.05) is 13.8 Å². The highest BCUT2D eigenvalue weighted by Crippen LogP contribution is 2.35. The number of piperazine rings is 1. The Balaban J connectivity index is 0.00000289. The summed E-state index contributed by atoms with van der Waals surface area (Å²) in [6.45, 7) is 6.91. The van der Waals surface area contributed by atoms with Crippen LogP contribution in [-0.4, -0.2) is 56.5 Å². The zero-order valence-corrected chi connectivity index (χ0v) is 17.5. The van der Waals surface area contributed by atoms with Crippen LogP contribution in [0.4, 0.5) is 19.0 Å². The zero-order chi connectivity index (χ0) is 22.4. The minimum absolute atomic E-state index is 0. The molecule has 0 aliphatic carbocycles. The van der Waals surface area contributed by atoms with Crippen molar-refractivity contribution in [3.63, 3.8) is 0 Å². The molecule has 0 bridgehead atoms. The molecule has 2 unspecified atom stereocenters. The molecule has 31 heavy (non-hydrogen) atoms. The summed E-state index contributed by atoms with van der Waals surface area (Å²) in [6, 6.07) is 5.22. The van der Waals surface area contributed by atoms with Crippen LogP contribution in [0.1, 0.15) is 27.8 Å². The third-order valence-electron chi connectivity index (χ3n) is 6.10. The van der Waals surface area contributed by atoms with Crippen LogP contribution in [-0.2, 0) is 6.18 Å². The van der Waals surface area contributed by atoms with Crippen molar-refractivity contribution in [1.82, 2.24) is 25.5 Å². The van der Waals surface area contributed by atoms with Gasteiger partial charge < -0.3 is 15.3 Å². The first-order valence-corrected chi connectivity index (χ1v) is 10.2. The highest BCUT2D eigenvalue weighted by atomic mass is 19.4. The first-order chi connectivity index (χ1) is 14.6. The third kappa shape index (κ3) is 4.09. The largest absolute Gasteiger partial charge is 0.416 e. The number of aromatic nitrogens is 4. The number of rotatable bonds is 4. The van der Waals surface area contributed by atoms with E-state index in [1.165, 1.54) is 0 Å². The minimum Gasteiger partial charge on any atom is -0.388 e.